The van der Waals surface area contributed by atoms with E-state index in [1.54, 1.807) is 26.0 Å². The maximum absolute atomic E-state index is 12.4. The molecule has 1 aliphatic heterocycles. The number of carbonyl (C=O) groups excluding carboxylic acids is 2. The number of carbonyl (C=O) groups is 2. The number of nitrogens with one attached hydrogen (secondary N) is 2. The summed E-state index contributed by atoms with van der Waals surface area (Å²) in [6.45, 7) is 3.55. The first-order chi connectivity index (χ1) is 10.1. The maximum Gasteiger partial charge on any atom is 0.273 e. The summed E-state index contributed by atoms with van der Waals surface area (Å²) in [4.78, 5) is 24.1. The molecule has 1 saturated heterocycles. The number of thioether (sulfide) groups is 1. The molecule has 1 aromatic rings. The summed E-state index contributed by atoms with van der Waals surface area (Å²) in [5, 5.41) is 12.7. The maximum atomic E-state index is 12.4. The van der Waals surface area contributed by atoms with Gasteiger partial charge < -0.3 is 10.6 Å². The third-order valence-electron chi connectivity index (χ3n) is 2.60. The lowest BCUT2D eigenvalue weighted by atomic mass is 10.2. The highest BCUT2D eigenvalue weighted by molar-refractivity contribution is 8.01. The van der Waals surface area contributed by atoms with Gasteiger partial charge in [0.15, 0.2) is 5.71 Å². The number of rotatable bonds is 4. The van der Waals surface area contributed by atoms with Crippen LogP contribution < -0.4 is 10.6 Å². The van der Waals surface area contributed by atoms with Crippen LogP contribution >= 0.6 is 11.8 Å². The van der Waals surface area contributed by atoms with E-state index in [9.17, 15) is 9.59 Å². The Hall–Kier alpha value is -2.15. The van der Waals surface area contributed by atoms with Gasteiger partial charge in [-0.05, 0) is 26.0 Å². The first-order valence-corrected chi connectivity index (χ1v) is 7.47. The number of benzene rings is 1. The van der Waals surface area contributed by atoms with E-state index in [-0.39, 0.29) is 11.6 Å². The van der Waals surface area contributed by atoms with Crippen LogP contribution in [0.3, 0.4) is 0 Å². The number of para-hydroxylation sites is 1. The number of nitrogens with zero attached hydrogens (tertiary/aromatic N) is 2. The molecule has 1 atom stereocenters. The molecule has 1 aromatic carbocycles. The second-order valence-electron chi connectivity index (χ2n) is 4.58. The van der Waals surface area contributed by atoms with Gasteiger partial charge in [-0.2, -0.15) is 5.10 Å². The fraction of sp³-hybridized carbons (Fsp3) is 0.286. The summed E-state index contributed by atoms with van der Waals surface area (Å²) in [7, 11) is 0. The van der Waals surface area contributed by atoms with Gasteiger partial charge >= 0.3 is 0 Å². The predicted molar refractivity (Wildman–Crippen MR) is 85.7 cm³/mol. The van der Waals surface area contributed by atoms with Crippen molar-refractivity contribution in [2.24, 2.45) is 10.2 Å². The number of amides is 2. The minimum absolute atomic E-state index is 0.111. The standard InChI is InChI=1S/C14H16N4O2S/c1-9(2)17-18-11(12-14(20)15-8-21-12)13(19)16-10-6-4-3-5-7-10/h3-7,12H,8H2,1-2H3,(H,15,20)(H,16,19)/b18-11+. The Morgan fingerprint density at radius 1 is 1.29 bits per heavy atom. The SMILES string of the molecule is CC(C)=N/N=C(/C(=O)Nc1ccccc1)C1SCNC1=O. The van der Waals surface area contributed by atoms with Crippen LogP contribution in [0.4, 0.5) is 5.69 Å². The zero-order valence-electron chi connectivity index (χ0n) is 11.8. The fourth-order valence-electron chi connectivity index (χ4n) is 1.66. The monoisotopic (exact) mass is 304 g/mol. The molecule has 1 fully saturated rings. The third-order valence-corrected chi connectivity index (χ3v) is 3.69. The Morgan fingerprint density at radius 2 is 2.00 bits per heavy atom. The van der Waals surface area contributed by atoms with E-state index >= 15 is 0 Å². The third kappa shape index (κ3) is 4.16. The largest absolute Gasteiger partial charge is 0.346 e. The quantitative estimate of drug-likeness (QED) is 0.655. The van der Waals surface area contributed by atoms with Crippen molar-refractivity contribution >= 4 is 40.7 Å². The van der Waals surface area contributed by atoms with Crippen molar-refractivity contribution in [2.45, 2.75) is 19.1 Å². The molecule has 0 bridgehead atoms. The molecule has 2 rings (SSSR count). The van der Waals surface area contributed by atoms with Crippen LogP contribution in [0, 0.1) is 0 Å². The second-order valence-corrected chi connectivity index (χ2v) is 5.68. The average Bonchev–Trinajstić information content (AvgIpc) is 2.86. The van der Waals surface area contributed by atoms with E-state index < -0.39 is 11.2 Å². The number of hydrogen-bond acceptors (Lipinski definition) is 5. The van der Waals surface area contributed by atoms with Gasteiger partial charge in [-0.3, -0.25) is 9.59 Å². The average molecular weight is 304 g/mol. The van der Waals surface area contributed by atoms with Crippen LogP contribution in [0.5, 0.6) is 0 Å². The summed E-state index contributed by atoms with van der Waals surface area (Å²) < 4.78 is 0. The first kappa shape index (κ1) is 15.2. The normalized spacial score (nSPS) is 18.1. The Morgan fingerprint density at radius 3 is 2.57 bits per heavy atom. The smallest absolute Gasteiger partial charge is 0.273 e. The fourth-order valence-corrected chi connectivity index (χ4v) is 2.59. The second kappa shape index (κ2) is 7.03. The predicted octanol–water partition coefficient (Wildman–Crippen LogP) is 1.65. The van der Waals surface area contributed by atoms with Crippen LogP contribution in [0.15, 0.2) is 40.5 Å². The highest BCUT2D eigenvalue weighted by Crippen LogP contribution is 2.19. The number of hydrogen-bond donors (Lipinski definition) is 2. The molecular weight excluding hydrogens is 288 g/mol. The molecule has 2 N–H and O–H groups in total. The molecular formula is C14H16N4O2S. The van der Waals surface area contributed by atoms with Gasteiger partial charge in [0.1, 0.15) is 5.25 Å². The van der Waals surface area contributed by atoms with Crippen molar-refractivity contribution in [1.29, 1.82) is 0 Å². The zero-order valence-corrected chi connectivity index (χ0v) is 12.6. The lowest BCUT2D eigenvalue weighted by Crippen LogP contribution is -2.37. The molecule has 1 aliphatic rings. The molecule has 0 radical (unpaired) electrons. The van der Waals surface area contributed by atoms with Gasteiger partial charge in [-0.15, -0.1) is 16.9 Å². The summed E-state index contributed by atoms with van der Waals surface area (Å²) in [6, 6.07) is 9.03. The Balaban J connectivity index is 2.22. The lowest BCUT2D eigenvalue weighted by Gasteiger charge is -2.10. The molecule has 110 valence electrons. The summed E-state index contributed by atoms with van der Waals surface area (Å²) in [5.41, 5.74) is 1.47. The zero-order chi connectivity index (χ0) is 15.2. The van der Waals surface area contributed by atoms with Crippen molar-refractivity contribution in [2.75, 3.05) is 11.2 Å². The van der Waals surface area contributed by atoms with Crippen molar-refractivity contribution in [3.63, 3.8) is 0 Å². The topological polar surface area (TPSA) is 82.9 Å². The molecule has 1 unspecified atom stereocenters. The Kier molecular flexibility index (Phi) is 5.10. The van der Waals surface area contributed by atoms with E-state index in [2.05, 4.69) is 20.8 Å². The Bertz CT molecular complexity index is 594. The number of anilines is 1. The molecule has 2 amide bonds. The molecule has 0 spiro atoms. The van der Waals surface area contributed by atoms with E-state index in [1.807, 2.05) is 18.2 Å². The van der Waals surface area contributed by atoms with E-state index in [0.29, 0.717) is 17.3 Å². The van der Waals surface area contributed by atoms with Crippen LogP contribution in [0.1, 0.15) is 13.8 Å². The first-order valence-electron chi connectivity index (χ1n) is 6.42. The van der Waals surface area contributed by atoms with Crippen molar-refractivity contribution in [3.8, 4) is 0 Å². The van der Waals surface area contributed by atoms with Crippen LogP contribution in [-0.2, 0) is 9.59 Å². The van der Waals surface area contributed by atoms with Gasteiger partial charge in [0.2, 0.25) is 5.91 Å². The van der Waals surface area contributed by atoms with E-state index in [4.69, 9.17) is 0 Å². The van der Waals surface area contributed by atoms with Gasteiger partial charge in [0, 0.05) is 11.4 Å². The van der Waals surface area contributed by atoms with Crippen LogP contribution in [0.2, 0.25) is 0 Å². The highest BCUT2D eigenvalue weighted by atomic mass is 32.2. The van der Waals surface area contributed by atoms with Crippen LogP contribution in [-0.4, -0.2) is 34.4 Å². The van der Waals surface area contributed by atoms with Gasteiger partial charge in [0.25, 0.3) is 5.91 Å². The molecule has 0 aromatic heterocycles. The van der Waals surface area contributed by atoms with E-state index in [0.717, 1.165) is 0 Å². The molecule has 0 aliphatic carbocycles. The highest BCUT2D eigenvalue weighted by Gasteiger charge is 2.34. The summed E-state index contributed by atoms with van der Waals surface area (Å²) in [6.07, 6.45) is 0. The molecule has 1 heterocycles. The molecule has 6 nitrogen and oxygen atoms in total. The molecule has 7 heteroatoms. The van der Waals surface area contributed by atoms with Crippen molar-refractivity contribution in [1.82, 2.24) is 5.32 Å². The lowest BCUT2D eigenvalue weighted by molar-refractivity contribution is -0.119. The van der Waals surface area contributed by atoms with Crippen molar-refractivity contribution < 1.29 is 9.59 Å². The Labute approximate surface area is 127 Å². The van der Waals surface area contributed by atoms with Crippen LogP contribution in [0.25, 0.3) is 0 Å². The molecule has 21 heavy (non-hydrogen) atoms. The minimum atomic E-state index is -0.628. The molecule has 0 saturated carbocycles. The summed E-state index contributed by atoms with van der Waals surface area (Å²) >= 11 is 1.33. The minimum Gasteiger partial charge on any atom is -0.346 e. The van der Waals surface area contributed by atoms with Gasteiger partial charge in [0.05, 0.1) is 5.88 Å². The summed E-state index contributed by atoms with van der Waals surface area (Å²) in [5.74, 6) is -0.165. The van der Waals surface area contributed by atoms with E-state index in [1.165, 1.54) is 11.8 Å². The van der Waals surface area contributed by atoms with Crippen molar-refractivity contribution in [3.05, 3.63) is 30.3 Å². The van der Waals surface area contributed by atoms with Gasteiger partial charge in [-0.25, -0.2) is 0 Å². The van der Waals surface area contributed by atoms with Gasteiger partial charge in [-0.1, -0.05) is 18.2 Å².